The minimum atomic E-state index is -0.444. The molecule has 5 heteroatoms. The lowest BCUT2D eigenvalue weighted by atomic mass is 10.1. The predicted octanol–water partition coefficient (Wildman–Crippen LogP) is 2.87. The van der Waals surface area contributed by atoms with Gasteiger partial charge in [-0.15, -0.1) is 0 Å². The predicted molar refractivity (Wildman–Crippen MR) is 82.9 cm³/mol. The minimum Gasteiger partial charge on any atom is -0.465 e. The van der Waals surface area contributed by atoms with E-state index in [1.54, 1.807) is 43.5 Å². The number of ether oxygens (including phenoxy) is 2. The molecule has 0 saturated carbocycles. The highest BCUT2D eigenvalue weighted by atomic mass is 16.5. The lowest BCUT2D eigenvalue weighted by Gasteiger charge is -2.07. The van der Waals surface area contributed by atoms with Crippen molar-refractivity contribution in [2.75, 3.05) is 19.5 Å². The van der Waals surface area contributed by atoms with E-state index in [1.807, 2.05) is 12.1 Å². The van der Waals surface area contributed by atoms with Gasteiger partial charge in [0.15, 0.2) is 0 Å². The van der Waals surface area contributed by atoms with Gasteiger partial charge in [0.1, 0.15) is 0 Å². The Balaban J connectivity index is 2.09. The van der Waals surface area contributed by atoms with Gasteiger partial charge in [-0.2, -0.15) is 0 Å². The first-order valence-corrected chi connectivity index (χ1v) is 6.71. The molecule has 5 nitrogen and oxygen atoms in total. The van der Waals surface area contributed by atoms with Crippen LogP contribution in [0.2, 0.25) is 0 Å². The molecule has 0 aromatic heterocycles. The first kappa shape index (κ1) is 15.7. The fourth-order valence-corrected chi connectivity index (χ4v) is 1.96. The second-order valence-electron chi connectivity index (χ2n) is 4.66. The zero-order valence-corrected chi connectivity index (χ0v) is 12.5. The van der Waals surface area contributed by atoms with E-state index < -0.39 is 5.97 Å². The van der Waals surface area contributed by atoms with E-state index >= 15 is 0 Å². The van der Waals surface area contributed by atoms with Gasteiger partial charge in [0.05, 0.1) is 19.3 Å². The van der Waals surface area contributed by atoms with Crippen LogP contribution in [0.1, 0.15) is 26.3 Å². The number of rotatable bonds is 5. The number of anilines is 1. The summed E-state index contributed by atoms with van der Waals surface area (Å²) in [5.74, 6) is -0.689. The Bertz CT molecular complexity index is 665. The first-order valence-electron chi connectivity index (χ1n) is 6.71. The summed E-state index contributed by atoms with van der Waals surface area (Å²) in [6.45, 7) is 0.503. The van der Waals surface area contributed by atoms with E-state index in [4.69, 9.17) is 4.74 Å². The van der Waals surface area contributed by atoms with Gasteiger partial charge in [0.25, 0.3) is 5.91 Å². The molecule has 1 amide bonds. The number of hydrogen-bond acceptors (Lipinski definition) is 4. The normalized spacial score (nSPS) is 10.1. The Hall–Kier alpha value is -2.66. The van der Waals surface area contributed by atoms with Crippen molar-refractivity contribution in [3.05, 3.63) is 65.2 Å². The first-order chi connectivity index (χ1) is 10.6. The molecule has 0 aliphatic heterocycles. The van der Waals surface area contributed by atoms with Gasteiger partial charge in [-0.25, -0.2) is 4.79 Å². The van der Waals surface area contributed by atoms with Crippen molar-refractivity contribution in [2.45, 2.75) is 6.61 Å². The lowest BCUT2D eigenvalue weighted by Crippen LogP contribution is -2.12. The summed E-state index contributed by atoms with van der Waals surface area (Å²) in [5, 5.41) is 2.75. The molecule has 0 aliphatic carbocycles. The highest BCUT2D eigenvalue weighted by Gasteiger charge is 2.09. The van der Waals surface area contributed by atoms with Crippen molar-refractivity contribution in [3.8, 4) is 0 Å². The minimum absolute atomic E-state index is 0.244. The Morgan fingerprint density at radius 3 is 2.36 bits per heavy atom. The fourth-order valence-electron chi connectivity index (χ4n) is 1.96. The molecule has 2 aromatic carbocycles. The van der Waals surface area contributed by atoms with E-state index in [0.717, 1.165) is 5.56 Å². The number of hydrogen-bond donors (Lipinski definition) is 1. The molecule has 0 unspecified atom stereocenters. The van der Waals surface area contributed by atoms with E-state index in [0.29, 0.717) is 23.4 Å². The average Bonchev–Trinajstić information content (AvgIpc) is 2.55. The smallest absolute Gasteiger partial charge is 0.337 e. The molecule has 1 N–H and O–H groups in total. The monoisotopic (exact) mass is 299 g/mol. The summed E-state index contributed by atoms with van der Waals surface area (Å²) in [6, 6.07) is 13.7. The van der Waals surface area contributed by atoms with Gasteiger partial charge in [-0.05, 0) is 35.9 Å². The highest BCUT2D eigenvalue weighted by molar-refractivity contribution is 6.04. The van der Waals surface area contributed by atoms with E-state index in [9.17, 15) is 9.59 Å². The fraction of sp³-hybridized carbons (Fsp3) is 0.176. The SMILES string of the molecule is COCc1ccc(C(=O)Nc2cccc(C(=O)OC)c2)cc1. The molecular weight excluding hydrogens is 282 g/mol. The van der Waals surface area contributed by atoms with Gasteiger partial charge >= 0.3 is 5.97 Å². The third-order valence-corrected chi connectivity index (χ3v) is 3.07. The highest BCUT2D eigenvalue weighted by Crippen LogP contribution is 2.14. The standard InChI is InChI=1S/C17H17NO4/c1-21-11-12-6-8-13(9-7-12)16(19)18-15-5-3-4-14(10-15)17(20)22-2/h3-10H,11H2,1-2H3,(H,18,19). The van der Waals surface area contributed by atoms with Crippen LogP contribution in [0.25, 0.3) is 0 Å². The van der Waals surface area contributed by atoms with Gasteiger partial charge in [-0.3, -0.25) is 4.79 Å². The summed E-state index contributed by atoms with van der Waals surface area (Å²) in [4.78, 5) is 23.6. The molecule has 114 valence electrons. The van der Waals surface area contributed by atoms with Crippen LogP contribution in [0.3, 0.4) is 0 Å². The van der Waals surface area contributed by atoms with Crippen molar-refractivity contribution in [2.24, 2.45) is 0 Å². The van der Waals surface area contributed by atoms with Crippen LogP contribution >= 0.6 is 0 Å². The second-order valence-corrected chi connectivity index (χ2v) is 4.66. The molecule has 0 spiro atoms. The molecule has 0 fully saturated rings. The van der Waals surface area contributed by atoms with E-state index in [-0.39, 0.29) is 5.91 Å². The van der Waals surface area contributed by atoms with Crippen LogP contribution in [0, 0.1) is 0 Å². The van der Waals surface area contributed by atoms with Gasteiger partial charge in [0.2, 0.25) is 0 Å². The Morgan fingerprint density at radius 1 is 1.00 bits per heavy atom. The van der Waals surface area contributed by atoms with Gasteiger partial charge in [-0.1, -0.05) is 18.2 Å². The van der Waals surface area contributed by atoms with Crippen molar-refractivity contribution in [1.82, 2.24) is 0 Å². The van der Waals surface area contributed by atoms with Crippen molar-refractivity contribution >= 4 is 17.6 Å². The Labute approximate surface area is 128 Å². The van der Waals surface area contributed by atoms with Crippen LogP contribution in [0.15, 0.2) is 48.5 Å². The van der Waals surface area contributed by atoms with Crippen LogP contribution in [0.5, 0.6) is 0 Å². The number of benzene rings is 2. The topological polar surface area (TPSA) is 64.6 Å². The molecule has 0 bridgehead atoms. The molecule has 2 aromatic rings. The molecule has 0 atom stereocenters. The number of esters is 1. The Morgan fingerprint density at radius 2 is 1.73 bits per heavy atom. The average molecular weight is 299 g/mol. The third kappa shape index (κ3) is 3.93. The van der Waals surface area contributed by atoms with Gasteiger partial charge in [0, 0.05) is 18.4 Å². The van der Waals surface area contributed by atoms with E-state index in [2.05, 4.69) is 10.1 Å². The van der Waals surface area contributed by atoms with Crippen molar-refractivity contribution in [3.63, 3.8) is 0 Å². The summed E-state index contributed by atoms with van der Waals surface area (Å²) in [6.07, 6.45) is 0. The number of carbonyl (C=O) groups is 2. The number of methoxy groups -OCH3 is 2. The summed E-state index contributed by atoms with van der Waals surface area (Å²) >= 11 is 0. The van der Waals surface area contributed by atoms with Gasteiger partial charge < -0.3 is 14.8 Å². The van der Waals surface area contributed by atoms with Crippen LogP contribution in [0.4, 0.5) is 5.69 Å². The van der Waals surface area contributed by atoms with Crippen molar-refractivity contribution < 1.29 is 19.1 Å². The maximum Gasteiger partial charge on any atom is 0.337 e. The Kier molecular flexibility index (Phi) is 5.27. The van der Waals surface area contributed by atoms with Crippen LogP contribution in [-0.4, -0.2) is 26.1 Å². The maximum absolute atomic E-state index is 12.2. The largest absolute Gasteiger partial charge is 0.465 e. The molecule has 2 rings (SSSR count). The quantitative estimate of drug-likeness (QED) is 0.862. The maximum atomic E-state index is 12.2. The summed E-state index contributed by atoms with van der Waals surface area (Å²) in [7, 11) is 2.93. The van der Waals surface area contributed by atoms with Crippen molar-refractivity contribution in [1.29, 1.82) is 0 Å². The zero-order valence-electron chi connectivity index (χ0n) is 12.5. The van der Waals surface area contributed by atoms with E-state index in [1.165, 1.54) is 7.11 Å². The molecule has 0 aliphatic rings. The molecule has 0 heterocycles. The molecule has 0 radical (unpaired) electrons. The molecule has 0 saturated heterocycles. The lowest BCUT2D eigenvalue weighted by molar-refractivity contribution is 0.0600. The molecular formula is C17H17NO4. The van der Waals surface area contributed by atoms with Crippen LogP contribution < -0.4 is 5.32 Å². The number of nitrogens with one attached hydrogen (secondary N) is 1. The molecule has 22 heavy (non-hydrogen) atoms. The second kappa shape index (κ2) is 7.38. The summed E-state index contributed by atoms with van der Waals surface area (Å²) in [5.41, 5.74) is 2.44. The number of amides is 1. The summed E-state index contributed by atoms with van der Waals surface area (Å²) < 4.78 is 9.68. The van der Waals surface area contributed by atoms with Crippen LogP contribution in [-0.2, 0) is 16.1 Å². The number of carbonyl (C=O) groups excluding carboxylic acids is 2. The third-order valence-electron chi connectivity index (χ3n) is 3.07. The zero-order chi connectivity index (χ0) is 15.9.